The Morgan fingerprint density at radius 2 is 1.62 bits per heavy atom. The molecule has 0 spiro atoms. The van der Waals surface area contributed by atoms with Gasteiger partial charge in [0.05, 0.1) is 4.90 Å². The molecule has 1 aromatic carbocycles. The lowest BCUT2D eigenvalue weighted by Crippen LogP contribution is -2.07. The zero-order valence-electron chi connectivity index (χ0n) is 6.44. The molecule has 1 rings (SSSR count). The summed E-state index contributed by atoms with van der Waals surface area (Å²) in [6, 6.07) is 6.22. The summed E-state index contributed by atoms with van der Waals surface area (Å²) in [5.41, 5.74) is 6.01. The van der Waals surface area contributed by atoms with Crippen LogP contribution in [0, 0.1) is 0 Å². The lowest BCUT2D eigenvalue weighted by molar-refractivity contribution is 0.600. The van der Waals surface area contributed by atoms with Crippen molar-refractivity contribution in [1.82, 2.24) is 0 Å². The molecule has 2 N–H and O–H groups in total. The van der Waals surface area contributed by atoms with Gasteiger partial charge in [0.2, 0.25) is 0 Å². The van der Waals surface area contributed by atoms with Gasteiger partial charge < -0.3 is 5.73 Å². The molecule has 13 heavy (non-hydrogen) atoms. The van der Waals surface area contributed by atoms with E-state index >= 15 is 0 Å². The maximum Gasteiger partial charge on any atom is 0.199 e. The summed E-state index contributed by atoms with van der Waals surface area (Å²) < 4.78 is 22.7. The zero-order chi connectivity index (χ0) is 10.1. The molecule has 0 aliphatic heterocycles. The molecule has 1 aromatic rings. The molecule has 3 nitrogen and oxygen atoms in total. The predicted molar refractivity (Wildman–Crippen MR) is 69.9 cm³/mol. The maximum atomic E-state index is 11.6. The summed E-state index contributed by atoms with van der Waals surface area (Å²) in [6.07, 6.45) is 0. The van der Waals surface area contributed by atoms with Crippen molar-refractivity contribution >= 4 is 60.7 Å². The van der Waals surface area contributed by atoms with Crippen molar-refractivity contribution < 1.29 is 8.42 Å². The first-order valence-corrected chi connectivity index (χ1v) is 7.36. The number of nitrogens with two attached hydrogens (primary N) is 1. The number of halogens is 2. The highest BCUT2D eigenvalue weighted by atomic mass is 127. The smallest absolute Gasteiger partial charge is 0.199 e. The number of anilines is 1. The fourth-order valence-electron chi connectivity index (χ4n) is 0.760. The molecule has 0 aromatic heterocycles. The van der Waals surface area contributed by atoms with Gasteiger partial charge in [0, 0.05) is 5.69 Å². The van der Waals surface area contributed by atoms with E-state index in [1.807, 2.05) is 45.2 Å². The molecule has 0 unspecified atom stereocenters. The van der Waals surface area contributed by atoms with E-state index in [2.05, 4.69) is 0 Å². The summed E-state index contributed by atoms with van der Waals surface area (Å²) in [5, 5.41) is 0. The molecule has 0 saturated heterocycles. The second kappa shape index (κ2) is 4.30. The first-order valence-electron chi connectivity index (χ1n) is 3.32. The number of hydrogen-bond acceptors (Lipinski definition) is 3. The standard InChI is InChI=1S/C7H7I2NO2S/c8-7(9)13(11,12)6-3-1-5(10)2-4-6/h1-4,7H,10H2. The second-order valence-electron chi connectivity index (χ2n) is 2.37. The van der Waals surface area contributed by atoms with Gasteiger partial charge in [-0.1, -0.05) is 45.2 Å². The molecule has 0 atom stereocenters. The third-order valence-electron chi connectivity index (χ3n) is 1.44. The third kappa shape index (κ3) is 2.69. The Labute approximate surface area is 104 Å². The van der Waals surface area contributed by atoms with Gasteiger partial charge in [0.1, 0.15) is 0 Å². The number of rotatable bonds is 2. The van der Waals surface area contributed by atoms with E-state index in [0.717, 1.165) is 0 Å². The van der Waals surface area contributed by atoms with Gasteiger partial charge in [0.15, 0.2) is 11.1 Å². The number of nitrogen functional groups attached to an aromatic ring is 1. The Morgan fingerprint density at radius 3 is 2.00 bits per heavy atom. The van der Waals surface area contributed by atoms with Crippen LogP contribution in [0.15, 0.2) is 29.2 Å². The Balaban J connectivity index is 3.17. The molecule has 72 valence electrons. The van der Waals surface area contributed by atoms with Crippen molar-refractivity contribution in [2.24, 2.45) is 0 Å². The molecular formula is C7H7I2NO2S. The summed E-state index contributed by atoms with van der Waals surface area (Å²) in [4.78, 5) is 0.315. The molecule has 0 amide bonds. The molecule has 0 bridgehead atoms. The van der Waals surface area contributed by atoms with Crippen LogP contribution in [0.1, 0.15) is 0 Å². The van der Waals surface area contributed by atoms with Crippen LogP contribution in [0.4, 0.5) is 5.69 Å². The average molecular weight is 423 g/mol. The topological polar surface area (TPSA) is 60.2 Å². The van der Waals surface area contributed by atoms with Gasteiger partial charge in [-0.2, -0.15) is 0 Å². The molecule has 0 aliphatic rings. The van der Waals surface area contributed by atoms with Gasteiger partial charge in [0.25, 0.3) is 0 Å². The second-order valence-corrected chi connectivity index (χ2v) is 11.0. The van der Waals surface area contributed by atoms with Crippen molar-refractivity contribution in [3.63, 3.8) is 0 Å². The highest BCUT2D eigenvalue weighted by Gasteiger charge is 2.21. The monoisotopic (exact) mass is 423 g/mol. The number of alkyl halides is 2. The van der Waals surface area contributed by atoms with E-state index in [0.29, 0.717) is 10.6 Å². The van der Waals surface area contributed by atoms with Crippen LogP contribution in [0.25, 0.3) is 0 Å². The van der Waals surface area contributed by atoms with Crippen LogP contribution < -0.4 is 5.73 Å². The molecule has 0 aliphatic carbocycles. The Hall–Kier alpha value is 0.430. The fourth-order valence-corrected chi connectivity index (χ4v) is 3.24. The van der Waals surface area contributed by atoms with Crippen molar-refractivity contribution in [1.29, 1.82) is 0 Å². The van der Waals surface area contributed by atoms with Crippen molar-refractivity contribution in [3.8, 4) is 0 Å². The van der Waals surface area contributed by atoms with E-state index in [9.17, 15) is 8.42 Å². The van der Waals surface area contributed by atoms with Crippen LogP contribution in [0.5, 0.6) is 0 Å². The van der Waals surface area contributed by atoms with E-state index in [1.54, 1.807) is 12.1 Å². The summed E-state index contributed by atoms with van der Waals surface area (Å²) >= 11 is 3.73. The number of sulfone groups is 1. The molecule has 0 radical (unpaired) electrons. The highest BCUT2D eigenvalue weighted by Crippen LogP contribution is 2.25. The Morgan fingerprint density at radius 1 is 1.15 bits per heavy atom. The largest absolute Gasteiger partial charge is 0.399 e. The minimum Gasteiger partial charge on any atom is -0.399 e. The van der Waals surface area contributed by atoms with Crippen LogP contribution in [0.2, 0.25) is 0 Å². The van der Waals surface area contributed by atoms with Crippen molar-refractivity contribution in [3.05, 3.63) is 24.3 Å². The van der Waals surface area contributed by atoms with Crippen LogP contribution in [-0.2, 0) is 9.84 Å². The molecule has 0 fully saturated rings. The average Bonchev–Trinajstić information content (AvgIpc) is 2.04. The van der Waals surface area contributed by atoms with Crippen LogP contribution in [-0.4, -0.2) is 9.68 Å². The number of benzene rings is 1. The summed E-state index contributed by atoms with van der Waals surface area (Å²) in [5.74, 6) is 0. The van der Waals surface area contributed by atoms with E-state index < -0.39 is 11.1 Å². The van der Waals surface area contributed by atoms with Crippen molar-refractivity contribution in [2.45, 2.75) is 6.16 Å². The Kier molecular flexibility index (Phi) is 3.81. The fraction of sp³-hybridized carbons (Fsp3) is 0.143. The zero-order valence-corrected chi connectivity index (χ0v) is 11.6. The quantitative estimate of drug-likeness (QED) is 0.451. The molecular weight excluding hydrogens is 416 g/mol. The maximum absolute atomic E-state index is 11.6. The van der Waals surface area contributed by atoms with Gasteiger partial charge in [-0.25, -0.2) is 8.42 Å². The summed E-state index contributed by atoms with van der Waals surface area (Å²) in [6.45, 7) is 0. The van der Waals surface area contributed by atoms with Gasteiger partial charge >= 0.3 is 0 Å². The van der Waals surface area contributed by atoms with Gasteiger partial charge in [-0.3, -0.25) is 0 Å². The highest BCUT2D eigenvalue weighted by molar-refractivity contribution is 14.2. The molecule has 0 saturated carbocycles. The lowest BCUT2D eigenvalue weighted by atomic mass is 10.3. The third-order valence-corrected chi connectivity index (χ3v) is 6.86. The Bertz CT molecular complexity index is 385. The lowest BCUT2D eigenvalue weighted by Gasteiger charge is -2.04. The predicted octanol–water partition coefficient (Wildman–Crippen LogP) is 2.20. The minimum absolute atomic E-state index is 0.315. The normalized spacial score (nSPS) is 11.9. The number of hydrogen-bond donors (Lipinski definition) is 1. The van der Waals surface area contributed by atoms with Crippen molar-refractivity contribution in [2.75, 3.05) is 5.73 Å². The first-order chi connectivity index (χ1) is 5.94. The van der Waals surface area contributed by atoms with Crippen LogP contribution in [0.3, 0.4) is 0 Å². The van der Waals surface area contributed by atoms with E-state index in [4.69, 9.17) is 5.73 Å². The van der Waals surface area contributed by atoms with Crippen LogP contribution >= 0.6 is 45.2 Å². The molecule has 6 heteroatoms. The van der Waals surface area contributed by atoms with Gasteiger partial charge in [-0.05, 0) is 24.3 Å². The van der Waals surface area contributed by atoms with Gasteiger partial charge in [-0.15, -0.1) is 0 Å². The van der Waals surface area contributed by atoms with E-state index in [-0.39, 0.29) is 0 Å². The van der Waals surface area contributed by atoms with E-state index in [1.165, 1.54) is 12.1 Å². The summed E-state index contributed by atoms with van der Waals surface area (Å²) in [7, 11) is -3.18. The molecule has 0 heterocycles. The SMILES string of the molecule is Nc1ccc(S(=O)(=O)C(I)I)cc1. The first kappa shape index (κ1) is 11.5. The minimum atomic E-state index is -3.18.